The van der Waals surface area contributed by atoms with Crippen molar-refractivity contribution >= 4 is 39.1 Å². The van der Waals surface area contributed by atoms with E-state index < -0.39 is 11.8 Å². The average molecular weight is 361 g/mol. The standard InChI is InChI=1S/C17H17BrN2O2/c1-10-6-11(2)8-14(7-10)20-17(22)16(21)19-13-4-5-15(18)12(3)9-13/h4-9H,1-3H3,(H,19,21)(H,20,22). The Morgan fingerprint density at radius 2 is 1.36 bits per heavy atom. The Hall–Kier alpha value is -2.14. The molecular weight excluding hydrogens is 344 g/mol. The molecule has 0 fully saturated rings. The number of hydrogen-bond acceptors (Lipinski definition) is 2. The molecule has 2 aromatic carbocycles. The van der Waals surface area contributed by atoms with E-state index in [1.54, 1.807) is 12.1 Å². The summed E-state index contributed by atoms with van der Waals surface area (Å²) in [4.78, 5) is 23.9. The molecule has 0 aliphatic carbocycles. The maximum absolute atomic E-state index is 12.0. The smallest absolute Gasteiger partial charge is 0.314 e. The Morgan fingerprint density at radius 1 is 0.818 bits per heavy atom. The normalized spacial score (nSPS) is 10.2. The van der Waals surface area contributed by atoms with E-state index in [1.165, 1.54) is 0 Å². The lowest BCUT2D eigenvalue weighted by Crippen LogP contribution is -2.29. The third kappa shape index (κ3) is 4.18. The minimum absolute atomic E-state index is 0.585. The third-order valence-electron chi connectivity index (χ3n) is 3.10. The monoisotopic (exact) mass is 360 g/mol. The number of rotatable bonds is 2. The van der Waals surface area contributed by atoms with Gasteiger partial charge >= 0.3 is 11.8 Å². The fraction of sp³-hybridized carbons (Fsp3) is 0.176. The molecule has 2 N–H and O–H groups in total. The molecule has 0 aromatic heterocycles. The number of hydrogen-bond donors (Lipinski definition) is 2. The van der Waals surface area contributed by atoms with Gasteiger partial charge in [0.15, 0.2) is 0 Å². The van der Waals surface area contributed by atoms with E-state index in [2.05, 4.69) is 26.6 Å². The first-order valence-electron chi connectivity index (χ1n) is 6.82. The van der Waals surface area contributed by atoms with E-state index in [0.29, 0.717) is 11.4 Å². The van der Waals surface area contributed by atoms with Gasteiger partial charge in [-0.3, -0.25) is 9.59 Å². The van der Waals surface area contributed by atoms with Gasteiger partial charge in [-0.15, -0.1) is 0 Å². The quantitative estimate of drug-likeness (QED) is 0.796. The van der Waals surface area contributed by atoms with Gasteiger partial charge in [0, 0.05) is 15.8 Å². The van der Waals surface area contributed by atoms with Crippen LogP contribution in [0.15, 0.2) is 40.9 Å². The highest BCUT2D eigenvalue weighted by atomic mass is 79.9. The molecule has 2 rings (SSSR count). The van der Waals surface area contributed by atoms with Crippen molar-refractivity contribution in [1.82, 2.24) is 0 Å². The lowest BCUT2D eigenvalue weighted by Gasteiger charge is -2.09. The summed E-state index contributed by atoms with van der Waals surface area (Å²) in [6.45, 7) is 5.79. The van der Waals surface area contributed by atoms with Crippen molar-refractivity contribution in [2.24, 2.45) is 0 Å². The van der Waals surface area contributed by atoms with Gasteiger partial charge in [-0.1, -0.05) is 22.0 Å². The van der Waals surface area contributed by atoms with Crippen LogP contribution in [0.4, 0.5) is 11.4 Å². The molecule has 0 unspecified atom stereocenters. The zero-order valence-corrected chi connectivity index (χ0v) is 14.2. The van der Waals surface area contributed by atoms with Crippen LogP contribution < -0.4 is 10.6 Å². The van der Waals surface area contributed by atoms with Crippen molar-refractivity contribution in [3.63, 3.8) is 0 Å². The van der Waals surface area contributed by atoms with Crippen LogP contribution >= 0.6 is 15.9 Å². The second kappa shape index (κ2) is 6.75. The average Bonchev–Trinajstić information content (AvgIpc) is 2.41. The maximum atomic E-state index is 12.0. The molecule has 2 amide bonds. The Kier molecular flexibility index (Phi) is 4.98. The molecule has 0 aliphatic rings. The lowest BCUT2D eigenvalue weighted by molar-refractivity contribution is -0.132. The van der Waals surface area contributed by atoms with E-state index in [9.17, 15) is 9.59 Å². The summed E-state index contributed by atoms with van der Waals surface area (Å²) in [6.07, 6.45) is 0. The van der Waals surface area contributed by atoms with E-state index in [0.717, 1.165) is 21.2 Å². The van der Waals surface area contributed by atoms with Crippen molar-refractivity contribution in [2.75, 3.05) is 10.6 Å². The molecule has 0 radical (unpaired) electrons. The molecule has 0 aliphatic heterocycles. The van der Waals surface area contributed by atoms with E-state index >= 15 is 0 Å². The molecule has 4 nitrogen and oxygen atoms in total. The highest BCUT2D eigenvalue weighted by Crippen LogP contribution is 2.20. The number of benzene rings is 2. The first-order valence-corrected chi connectivity index (χ1v) is 7.61. The Bertz CT molecular complexity index is 721. The molecule has 0 heterocycles. The van der Waals surface area contributed by atoms with Crippen LogP contribution in [0.3, 0.4) is 0 Å². The van der Waals surface area contributed by atoms with Gasteiger partial charge in [-0.25, -0.2) is 0 Å². The lowest BCUT2D eigenvalue weighted by atomic mass is 10.1. The van der Waals surface area contributed by atoms with Gasteiger partial charge in [-0.05, 0) is 67.8 Å². The van der Waals surface area contributed by atoms with Crippen molar-refractivity contribution < 1.29 is 9.59 Å². The van der Waals surface area contributed by atoms with Gasteiger partial charge < -0.3 is 10.6 Å². The second-order valence-corrected chi connectivity index (χ2v) is 6.10. The van der Waals surface area contributed by atoms with Crippen molar-refractivity contribution in [3.05, 3.63) is 57.6 Å². The number of anilines is 2. The molecule has 5 heteroatoms. The van der Waals surface area contributed by atoms with Crippen molar-refractivity contribution in [3.8, 4) is 0 Å². The van der Waals surface area contributed by atoms with Gasteiger partial charge in [-0.2, -0.15) is 0 Å². The number of nitrogens with one attached hydrogen (secondary N) is 2. The number of halogens is 1. The van der Waals surface area contributed by atoms with Gasteiger partial charge in [0.25, 0.3) is 0 Å². The van der Waals surface area contributed by atoms with Crippen LogP contribution in [-0.2, 0) is 9.59 Å². The van der Waals surface area contributed by atoms with E-state index in [4.69, 9.17) is 0 Å². The SMILES string of the molecule is Cc1cc(C)cc(NC(=O)C(=O)Nc2ccc(Br)c(C)c2)c1. The largest absolute Gasteiger partial charge is 0.318 e. The predicted octanol–water partition coefficient (Wildman–Crippen LogP) is 3.95. The molecule has 2 aromatic rings. The molecule has 0 spiro atoms. The number of carbonyl (C=O) groups excluding carboxylic acids is 2. The van der Waals surface area contributed by atoms with E-state index in [-0.39, 0.29) is 0 Å². The molecule has 0 bridgehead atoms. The summed E-state index contributed by atoms with van der Waals surface area (Å²) >= 11 is 3.39. The Morgan fingerprint density at radius 3 is 1.91 bits per heavy atom. The van der Waals surface area contributed by atoms with Crippen LogP contribution in [0.5, 0.6) is 0 Å². The molecule has 0 saturated heterocycles. The highest BCUT2D eigenvalue weighted by Gasteiger charge is 2.14. The minimum atomic E-state index is -0.694. The summed E-state index contributed by atoms with van der Waals surface area (Å²) in [7, 11) is 0. The van der Waals surface area contributed by atoms with Crippen LogP contribution in [0.1, 0.15) is 16.7 Å². The van der Waals surface area contributed by atoms with Crippen LogP contribution in [-0.4, -0.2) is 11.8 Å². The third-order valence-corrected chi connectivity index (χ3v) is 3.99. The van der Waals surface area contributed by atoms with Crippen molar-refractivity contribution in [1.29, 1.82) is 0 Å². The first-order chi connectivity index (χ1) is 10.3. The first kappa shape index (κ1) is 16.2. The fourth-order valence-electron chi connectivity index (χ4n) is 2.15. The minimum Gasteiger partial charge on any atom is -0.318 e. The summed E-state index contributed by atoms with van der Waals surface area (Å²) in [6, 6.07) is 11.0. The summed E-state index contributed by atoms with van der Waals surface area (Å²) < 4.78 is 0.949. The highest BCUT2D eigenvalue weighted by molar-refractivity contribution is 9.10. The van der Waals surface area contributed by atoms with Crippen LogP contribution in [0.25, 0.3) is 0 Å². The zero-order chi connectivity index (χ0) is 16.3. The van der Waals surface area contributed by atoms with Gasteiger partial charge in [0.05, 0.1) is 0 Å². The Labute approximate surface area is 138 Å². The number of aryl methyl sites for hydroxylation is 3. The topological polar surface area (TPSA) is 58.2 Å². The summed E-state index contributed by atoms with van der Waals surface area (Å²) in [5.74, 6) is -1.38. The van der Waals surface area contributed by atoms with Crippen LogP contribution in [0, 0.1) is 20.8 Å². The predicted molar refractivity (Wildman–Crippen MR) is 92.1 cm³/mol. The van der Waals surface area contributed by atoms with Gasteiger partial charge in [0.1, 0.15) is 0 Å². The number of carbonyl (C=O) groups is 2. The molecule has 0 atom stereocenters. The molecular formula is C17H17BrN2O2. The van der Waals surface area contributed by atoms with Crippen LogP contribution in [0.2, 0.25) is 0 Å². The maximum Gasteiger partial charge on any atom is 0.314 e. The molecule has 22 heavy (non-hydrogen) atoms. The summed E-state index contributed by atoms with van der Waals surface area (Å²) in [5.41, 5.74) is 4.23. The van der Waals surface area contributed by atoms with Gasteiger partial charge in [0.2, 0.25) is 0 Å². The fourth-order valence-corrected chi connectivity index (χ4v) is 2.39. The summed E-state index contributed by atoms with van der Waals surface area (Å²) in [5, 5.41) is 5.20. The Balaban J connectivity index is 2.05. The zero-order valence-electron chi connectivity index (χ0n) is 12.7. The molecule has 0 saturated carbocycles. The molecule has 114 valence electrons. The van der Waals surface area contributed by atoms with E-state index in [1.807, 2.05) is 45.0 Å². The van der Waals surface area contributed by atoms with Crippen molar-refractivity contribution in [2.45, 2.75) is 20.8 Å². The second-order valence-electron chi connectivity index (χ2n) is 5.25. The number of amides is 2.